The van der Waals surface area contributed by atoms with Gasteiger partial charge in [-0.05, 0) is 62.3 Å². The van der Waals surface area contributed by atoms with E-state index in [1.807, 2.05) is 6.07 Å². The smallest absolute Gasteiger partial charge is 0.370 e. The van der Waals surface area contributed by atoms with E-state index in [4.69, 9.17) is 4.74 Å². The minimum absolute atomic E-state index is 0.0443. The first-order chi connectivity index (χ1) is 21.2. The lowest BCUT2D eigenvalue weighted by Crippen LogP contribution is -2.40. The fourth-order valence-corrected chi connectivity index (χ4v) is 6.81. The van der Waals surface area contributed by atoms with E-state index < -0.39 is 12.7 Å². The number of ketones is 1. The molecule has 3 aliphatic heterocycles. The van der Waals surface area contributed by atoms with E-state index in [0.717, 1.165) is 67.6 Å². The molecule has 0 spiro atoms. The van der Waals surface area contributed by atoms with Crippen LogP contribution in [-0.4, -0.2) is 81.2 Å². The first-order valence-electron chi connectivity index (χ1n) is 15.4. The van der Waals surface area contributed by atoms with Crippen LogP contribution in [0.5, 0.6) is 0 Å². The summed E-state index contributed by atoms with van der Waals surface area (Å²) >= 11 is 0. The van der Waals surface area contributed by atoms with Crippen molar-refractivity contribution in [2.45, 2.75) is 83.4 Å². The summed E-state index contributed by atoms with van der Waals surface area (Å²) < 4.78 is 46.4. The largest absolute Gasteiger partial charge is 0.401 e. The van der Waals surface area contributed by atoms with Crippen molar-refractivity contribution in [3.05, 3.63) is 52.6 Å². The van der Waals surface area contributed by atoms with Crippen molar-refractivity contribution in [1.29, 1.82) is 5.26 Å². The van der Waals surface area contributed by atoms with Crippen LogP contribution in [0.2, 0.25) is 0 Å². The standard InChI is InChI=1S/C32H38F3N7O2/c1-21-22(2-5-30-28(21)14-24(15-36)42(30)13-8-26-4-3-25(43)18-44-26)16-40-10-6-23(7-11-40)39-31-27-9-12-41(19-32(33,34)35)17-29(27)37-20-38-31/h2,5,14,20,23,26H,3-4,6-13,16-19H2,1H3,(H,37,38,39). The Morgan fingerprint density at radius 1 is 1.11 bits per heavy atom. The molecule has 2 fully saturated rings. The average molecular weight is 610 g/mol. The summed E-state index contributed by atoms with van der Waals surface area (Å²) in [6, 6.07) is 8.87. The monoisotopic (exact) mass is 609 g/mol. The summed E-state index contributed by atoms with van der Waals surface area (Å²) in [5.41, 5.74) is 5.72. The Hall–Kier alpha value is -3.53. The number of aryl methyl sites for hydroxylation is 2. The number of likely N-dealkylation sites (tertiary alicyclic amines) is 1. The van der Waals surface area contributed by atoms with Crippen LogP contribution < -0.4 is 5.32 Å². The second-order valence-electron chi connectivity index (χ2n) is 12.3. The Balaban J connectivity index is 1.05. The van der Waals surface area contributed by atoms with E-state index >= 15 is 0 Å². The molecule has 1 unspecified atom stereocenters. The van der Waals surface area contributed by atoms with Gasteiger partial charge in [-0.3, -0.25) is 14.6 Å². The van der Waals surface area contributed by atoms with Crippen molar-refractivity contribution >= 4 is 22.5 Å². The number of nitrogens with one attached hydrogen (secondary N) is 1. The Bertz CT molecular complexity index is 1550. The Morgan fingerprint density at radius 2 is 1.93 bits per heavy atom. The van der Waals surface area contributed by atoms with Crippen LogP contribution in [0.1, 0.15) is 60.2 Å². The number of carbonyl (C=O) groups excluding carboxylic acids is 1. The lowest BCUT2D eigenvalue weighted by atomic mass is 10.00. The van der Waals surface area contributed by atoms with E-state index in [1.54, 1.807) is 0 Å². The van der Waals surface area contributed by atoms with Gasteiger partial charge in [0, 0.05) is 68.2 Å². The minimum Gasteiger partial charge on any atom is -0.370 e. The number of hydrogen-bond donors (Lipinski definition) is 1. The molecule has 1 aromatic carbocycles. The van der Waals surface area contributed by atoms with Crippen LogP contribution in [-0.2, 0) is 35.6 Å². The fraction of sp³-hybridized carbons (Fsp3) is 0.562. The number of carbonyl (C=O) groups is 1. The predicted molar refractivity (Wildman–Crippen MR) is 159 cm³/mol. The van der Waals surface area contributed by atoms with Gasteiger partial charge in [0.2, 0.25) is 0 Å². The Kier molecular flexibility index (Phi) is 8.89. The molecule has 1 atom stereocenters. The molecule has 3 aromatic rings. The zero-order valence-corrected chi connectivity index (χ0v) is 25.0. The number of piperidine rings is 1. The molecule has 2 aromatic heterocycles. The van der Waals surface area contributed by atoms with Crippen molar-refractivity contribution < 1.29 is 22.7 Å². The number of alkyl halides is 3. The van der Waals surface area contributed by atoms with Crippen LogP contribution in [0.15, 0.2) is 24.5 Å². The number of anilines is 1. The van der Waals surface area contributed by atoms with Crippen molar-refractivity contribution in [3.8, 4) is 6.07 Å². The molecule has 9 nitrogen and oxygen atoms in total. The van der Waals surface area contributed by atoms with Gasteiger partial charge in [0.05, 0.1) is 18.3 Å². The van der Waals surface area contributed by atoms with Gasteiger partial charge >= 0.3 is 6.18 Å². The molecule has 12 heteroatoms. The van der Waals surface area contributed by atoms with Crippen LogP contribution in [0, 0.1) is 18.3 Å². The van der Waals surface area contributed by atoms with Crippen molar-refractivity contribution in [1.82, 2.24) is 24.3 Å². The van der Waals surface area contributed by atoms with Crippen molar-refractivity contribution in [2.75, 3.05) is 38.1 Å². The van der Waals surface area contributed by atoms with Crippen LogP contribution in [0.25, 0.3) is 10.9 Å². The highest BCUT2D eigenvalue weighted by Gasteiger charge is 2.33. The highest BCUT2D eigenvalue weighted by molar-refractivity contribution is 5.86. The zero-order chi connectivity index (χ0) is 30.8. The third-order valence-corrected chi connectivity index (χ3v) is 9.29. The first-order valence-corrected chi connectivity index (χ1v) is 15.4. The van der Waals surface area contributed by atoms with Crippen molar-refractivity contribution in [2.24, 2.45) is 0 Å². The molecule has 44 heavy (non-hydrogen) atoms. The zero-order valence-electron chi connectivity index (χ0n) is 25.0. The first kappa shape index (κ1) is 30.5. The van der Waals surface area contributed by atoms with E-state index in [9.17, 15) is 23.2 Å². The van der Waals surface area contributed by atoms with E-state index in [0.29, 0.717) is 37.3 Å². The molecule has 1 N–H and O–H groups in total. The van der Waals surface area contributed by atoms with Crippen LogP contribution >= 0.6 is 0 Å². The molecular weight excluding hydrogens is 571 g/mol. The van der Waals surface area contributed by atoms with Crippen LogP contribution in [0.4, 0.5) is 19.0 Å². The second kappa shape index (κ2) is 12.8. The number of halogens is 3. The maximum Gasteiger partial charge on any atom is 0.401 e. The van der Waals surface area contributed by atoms with Gasteiger partial charge in [0.25, 0.3) is 0 Å². The molecule has 0 amide bonds. The highest BCUT2D eigenvalue weighted by Crippen LogP contribution is 2.30. The second-order valence-corrected chi connectivity index (χ2v) is 12.3. The van der Waals surface area contributed by atoms with Gasteiger partial charge in [-0.15, -0.1) is 0 Å². The molecule has 0 bridgehead atoms. The molecule has 0 saturated carbocycles. The van der Waals surface area contributed by atoms with Gasteiger partial charge in [-0.25, -0.2) is 9.97 Å². The Labute approximate surface area is 255 Å². The number of fused-ring (bicyclic) bond motifs is 2. The lowest BCUT2D eigenvalue weighted by molar-refractivity contribution is -0.147. The predicted octanol–water partition coefficient (Wildman–Crippen LogP) is 4.75. The maximum atomic E-state index is 12.9. The quantitative estimate of drug-likeness (QED) is 0.391. The van der Waals surface area contributed by atoms with Crippen molar-refractivity contribution in [3.63, 3.8) is 0 Å². The maximum absolute atomic E-state index is 12.9. The topological polar surface area (TPSA) is 99.3 Å². The molecule has 2 saturated heterocycles. The van der Waals surface area contributed by atoms with Gasteiger partial charge in [0.15, 0.2) is 5.78 Å². The molecule has 5 heterocycles. The van der Waals surface area contributed by atoms with Gasteiger partial charge in [0.1, 0.15) is 30.5 Å². The van der Waals surface area contributed by atoms with Gasteiger partial charge in [-0.1, -0.05) is 6.07 Å². The number of Topliss-reactive ketones (excluding diaryl/α,β-unsaturated/α-hetero) is 1. The number of rotatable bonds is 8. The summed E-state index contributed by atoms with van der Waals surface area (Å²) in [7, 11) is 0. The summed E-state index contributed by atoms with van der Waals surface area (Å²) in [6.07, 6.45) is 1.71. The molecule has 0 aliphatic carbocycles. The summed E-state index contributed by atoms with van der Waals surface area (Å²) in [6.45, 7) is 5.24. The summed E-state index contributed by atoms with van der Waals surface area (Å²) in [5.74, 6) is 0.906. The molecule has 3 aliphatic rings. The molecule has 234 valence electrons. The summed E-state index contributed by atoms with van der Waals surface area (Å²) in [4.78, 5) is 24.1. The molecule has 0 radical (unpaired) electrons. The summed E-state index contributed by atoms with van der Waals surface area (Å²) in [5, 5.41) is 14.5. The third-order valence-electron chi connectivity index (χ3n) is 9.29. The van der Waals surface area contributed by atoms with E-state index in [-0.39, 0.29) is 31.1 Å². The van der Waals surface area contributed by atoms with E-state index in [2.05, 4.69) is 49.9 Å². The fourth-order valence-electron chi connectivity index (χ4n) is 6.81. The molecular formula is C32H38F3N7O2. The highest BCUT2D eigenvalue weighted by atomic mass is 19.4. The molecule has 6 rings (SSSR count). The number of ether oxygens (including phenoxy) is 1. The minimum atomic E-state index is -4.22. The SMILES string of the molecule is Cc1c(CN2CCC(Nc3ncnc4c3CCN(CC(F)(F)F)C4)CC2)ccc2c1cc(C#N)n2CCC1CCC(=O)CO1. The van der Waals surface area contributed by atoms with E-state index in [1.165, 1.54) is 22.4 Å². The third kappa shape index (κ3) is 6.90. The average Bonchev–Trinajstić information content (AvgIpc) is 3.37. The van der Waals surface area contributed by atoms with Gasteiger partial charge in [-0.2, -0.15) is 18.4 Å². The number of hydrogen-bond acceptors (Lipinski definition) is 8. The van der Waals surface area contributed by atoms with Gasteiger partial charge < -0.3 is 14.6 Å². The number of benzene rings is 1. The lowest BCUT2D eigenvalue weighted by Gasteiger charge is -2.34. The number of nitrogens with zero attached hydrogens (tertiary/aromatic N) is 6. The van der Waals surface area contributed by atoms with Crippen LogP contribution in [0.3, 0.4) is 0 Å². The Morgan fingerprint density at radius 3 is 2.66 bits per heavy atom. The normalized spacial score (nSPS) is 20.5. The number of nitriles is 1. The number of aromatic nitrogens is 3.